The Morgan fingerprint density at radius 1 is 1.28 bits per heavy atom. The van der Waals surface area contributed by atoms with Crippen molar-refractivity contribution in [3.8, 4) is 0 Å². The van der Waals surface area contributed by atoms with Gasteiger partial charge in [0, 0.05) is 18.4 Å². The van der Waals surface area contributed by atoms with Gasteiger partial charge in [-0.15, -0.1) is 0 Å². The number of benzene rings is 1. The molecule has 0 saturated carbocycles. The number of hydrogen-bond donors (Lipinski definition) is 2. The van der Waals surface area contributed by atoms with Gasteiger partial charge in [-0.25, -0.2) is 8.42 Å². The van der Waals surface area contributed by atoms with E-state index in [-0.39, 0.29) is 10.8 Å². The lowest BCUT2D eigenvalue weighted by atomic mass is 10.2. The molecule has 100 valence electrons. The minimum Gasteiger partial charge on any atom is -0.352 e. The highest BCUT2D eigenvalue weighted by Crippen LogP contribution is 2.11. The normalized spacial score (nSPS) is 11.2. The van der Waals surface area contributed by atoms with E-state index in [9.17, 15) is 13.2 Å². The van der Waals surface area contributed by atoms with Gasteiger partial charge in [0.05, 0.1) is 4.90 Å². The molecule has 1 aromatic carbocycles. The van der Waals surface area contributed by atoms with Gasteiger partial charge in [-0.2, -0.15) is 0 Å². The average Bonchev–Trinajstić information content (AvgIpc) is 2.33. The molecule has 0 heterocycles. The smallest absolute Gasteiger partial charge is 0.251 e. The molecule has 5 nitrogen and oxygen atoms in total. The Kier molecular flexibility index (Phi) is 5.30. The fourth-order valence-corrected chi connectivity index (χ4v) is 2.10. The van der Waals surface area contributed by atoms with Crippen molar-refractivity contribution < 1.29 is 13.2 Å². The van der Waals surface area contributed by atoms with Crippen molar-refractivity contribution in [3.05, 3.63) is 29.8 Å². The molecule has 0 saturated heterocycles. The third-order valence-corrected chi connectivity index (χ3v) is 3.52. The number of rotatable bonds is 6. The molecule has 0 bridgehead atoms. The van der Waals surface area contributed by atoms with Gasteiger partial charge in [0.25, 0.3) is 5.91 Å². The molecular formula is C12H18N2O3S. The van der Waals surface area contributed by atoms with Gasteiger partial charge in [-0.1, -0.05) is 6.07 Å². The SMILES string of the molecule is CNCCCNC(=O)c1cccc(S(C)(=O)=O)c1. The first kappa shape index (κ1) is 14.7. The Balaban J connectivity index is 2.69. The fraction of sp³-hybridized carbons (Fsp3) is 0.417. The van der Waals surface area contributed by atoms with Gasteiger partial charge in [0.15, 0.2) is 9.84 Å². The largest absolute Gasteiger partial charge is 0.352 e. The van der Waals surface area contributed by atoms with Crippen molar-refractivity contribution in [1.29, 1.82) is 0 Å². The molecule has 0 spiro atoms. The van der Waals surface area contributed by atoms with E-state index in [1.54, 1.807) is 12.1 Å². The summed E-state index contributed by atoms with van der Waals surface area (Å²) in [5.74, 6) is -0.253. The van der Waals surface area contributed by atoms with E-state index in [1.165, 1.54) is 12.1 Å². The van der Waals surface area contributed by atoms with Crippen LogP contribution >= 0.6 is 0 Å². The van der Waals surface area contributed by atoms with Crippen LogP contribution in [0.3, 0.4) is 0 Å². The number of amides is 1. The first-order chi connectivity index (χ1) is 8.45. The minimum absolute atomic E-state index is 0.158. The average molecular weight is 270 g/mol. The number of carbonyl (C=O) groups excluding carboxylic acids is 1. The highest BCUT2D eigenvalue weighted by Gasteiger charge is 2.10. The molecule has 0 aliphatic carbocycles. The summed E-state index contributed by atoms with van der Waals surface area (Å²) >= 11 is 0. The first-order valence-corrected chi connectivity index (χ1v) is 7.57. The number of hydrogen-bond acceptors (Lipinski definition) is 4. The highest BCUT2D eigenvalue weighted by atomic mass is 32.2. The van der Waals surface area contributed by atoms with Gasteiger partial charge < -0.3 is 10.6 Å². The topological polar surface area (TPSA) is 75.3 Å². The lowest BCUT2D eigenvalue weighted by Crippen LogP contribution is -2.26. The van der Waals surface area contributed by atoms with Gasteiger partial charge >= 0.3 is 0 Å². The lowest BCUT2D eigenvalue weighted by molar-refractivity contribution is 0.0953. The minimum atomic E-state index is -3.28. The molecule has 0 fully saturated rings. The molecule has 0 aliphatic rings. The standard InChI is InChI=1S/C12H18N2O3S/c1-13-7-4-8-14-12(15)10-5-3-6-11(9-10)18(2,16)17/h3,5-6,9,13H,4,7-8H2,1-2H3,(H,14,15). The second-order valence-corrected chi connectivity index (χ2v) is 6.03. The Hall–Kier alpha value is -1.40. The third kappa shape index (κ3) is 4.46. The van der Waals surface area contributed by atoms with E-state index >= 15 is 0 Å². The van der Waals surface area contributed by atoms with E-state index in [0.29, 0.717) is 12.1 Å². The molecule has 18 heavy (non-hydrogen) atoms. The summed E-state index contributed by atoms with van der Waals surface area (Å²) in [4.78, 5) is 11.9. The van der Waals surface area contributed by atoms with Crippen LogP contribution in [0.25, 0.3) is 0 Å². The van der Waals surface area contributed by atoms with Crippen LogP contribution in [0.1, 0.15) is 16.8 Å². The zero-order valence-electron chi connectivity index (χ0n) is 10.6. The van der Waals surface area contributed by atoms with E-state index in [0.717, 1.165) is 19.2 Å². The maximum absolute atomic E-state index is 11.8. The van der Waals surface area contributed by atoms with Crippen LogP contribution in [0.5, 0.6) is 0 Å². The monoisotopic (exact) mass is 270 g/mol. The summed E-state index contributed by atoms with van der Waals surface area (Å²) in [7, 11) is -1.43. The summed E-state index contributed by atoms with van der Waals surface area (Å²) in [6.07, 6.45) is 1.95. The van der Waals surface area contributed by atoms with Crippen LogP contribution in [0.15, 0.2) is 29.2 Å². The summed E-state index contributed by atoms with van der Waals surface area (Å²) in [5, 5.41) is 5.72. The Morgan fingerprint density at radius 2 is 2.00 bits per heavy atom. The zero-order valence-corrected chi connectivity index (χ0v) is 11.4. The predicted molar refractivity (Wildman–Crippen MR) is 70.4 cm³/mol. The highest BCUT2D eigenvalue weighted by molar-refractivity contribution is 7.90. The van der Waals surface area contributed by atoms with Crippen molar-refractivity contribution >= 4 is 15.7 Å². The third-order valence-electron chi connectivity index (χ3n) is 2.41. The molecule has 6 heteroatoms. The molecule has 0 atom stereocenters. The quantitative estimate of drug-likeness (QED) is 0.735. The van der Waals surface area contributed by atoms with E-state index < -0.39 is 9.84 Å². The second-order valence-electron chi connectivity index (χ2n) is 4.01. The summed E-state index contributed by atoms with van der Waals surface area (Å²) < 4.78 is 22.7. The van der Waals surface area contributed by atoms with Gasteiger partial charge in [0.1, 0.15) is 0 Å². The van der Waals surface area contributed by atoms with Crippen molar-refractivity contribution in [3.63, 3.8) is 0 Å². The van der Waals surface area contributed by atoms with Gasteiger partial charge in [-0.05, 0) is 38.2 Å². The van der Waals surface area contributed by atoms with Crippen molar-refractivity contribution in [2.75, 3.05) is 26.4 Å². The van der Waals surface area contributed by atoms with E-state index in [2.05, 4.69) is 10.6 Å². The van der Waals surface area contributed by atoms with E-state index in [1.807, 2.05) is 7.05 Å². The van der Waals surface area contributed by atoms with Crippen molar-refractivity contribution in [2.45, 2.75) is 11.3 Å². The molecule has 0 radical (unpaired) electrons. The fourth-order valence-electron chi connectivity index (χ4n) is 1.44. The maximum atomic E-state index is 11.8. The zero-order chi connectivity index (χ0) is 13.6. The van der Waals surface area contributed by atoms with Crippen LogP contribution in [0, 0.1) is 0 Å². The Morgan fingerprint density at radius 3 is 2.61 bits per heavy atom. The number of carbonyl (C=O) groups is 1. The molecule has 0 aliphatic heterocycles. The molecule has 1 aromatic rings. The maximum Gasteiger partial charge on any atom is 0.251 e. The predicted octanol–water partition coefficient (Wildman–Crippen LogP) is 0.429. The molecule has 1 rings (SSSR count). The van der Waals surface area contributed by atoms with Crippen LogP contribution < -0.4 is 10.6 Å². The molecular weight excluding hydrogens is 252 g/mol. The Labute approximate surface area is 108 Å². The van der Waals surface area contributed by atoms with Gasteiger partial charge in [0.2, 0.25) is 0 Å². The molecule has 2 N–H and O–H groups in total. The lowest BCUT2D eigenvalue weighted by Gasteiger charge is -2.06. The Bertz CT molecular complexity index is 512. The summed E-state index contributed by atoms with van der Waals surface area (Å²) in [6, 6.07) is 6.04. The molecule has 1 amide bonds. The van der Waals surface area contributed by atoms with Crippen LogP contribution in [-0.2, 0) is 9.84 Å². The van der Waals surface area contributed by atoms with E-state index in [4.69, 9.17) is 0 Å². The molecule has 0 unspecified atom stereocenters. The first-order valence-electron chi connectivity index (χ1n) is 5.68. The number of sulfone groups is 1. The van der Waals surface area contributed by atoms with Gasteiger partial charge in [-0.3, -0.25) is 4.79 Å². The second kappa shape index (κ2) is 6.51. The summed E-state index contributed by atoms with van der Waals surface area (Å²) in [6.45, 7) is 1.38. The summed E-state index contributed by atoms with van der Waals surface area (Å²) in [5.41, 5.74) is 0.363. The van der Waals surface area contributed by atoms with Crippen molar-refractivity contribution in [2.24, 2.45) is 0 Å². The van der Waals surface area contributed by atoms with Crippen LogP contribution in [0.2, 0.25) is 0 Å². The number of nitrogens with one attached hydrogen (secondary N) is 2. The van der Waals surface area contributed by atoms with Crippen LogP contribution in [0.4, 0.5) is 0 Å². The molecule has 0 aromatic heterocycles. The van der Waals surface area contributed by atoms with Crippen LogP contribution in [-0.4, -0.2) is 40.7 Å². The van der Waals surface area contributed by atoms with Crippen molar-refractivity contribution in [1.82, 2.24) is 10.6 Å².